The first-order valence-electron chi connectivity index (χ1n) is 8.52. The topological polar surface area (TPSA) is 38.3 Å². The van der Waals surface area contributed by atoms with E-state index in [4.69, 9.17) is 27.9 Å². The first kappa shape index (κ1) is 20.9. The highest BCUT2D eigenvalue weighted by molar-refractivity contribution is 7.98. The predicted molar refractivity (Wildman–Crippen MR) is 112 cm³/mol. The summed E-state index contributed by atoms with van der Waals surface area (Å²) in [4.78, 5) is 12.3. The van der Waals surface area contributed by atoms with E-state index in [0.29, 0.717) is 23.7 Å². The summed E-state index contributed by atoms with van der Waals surface area (Å²) in [7, 11) is 0. The van der Waals surface area contributed by atoms with Gasteiger partial charge in [-0.15, -0.1) is 0 Å². The molecule has 1 amide bonds. The summed E-state index contributed by atoms with van der Waals surface area (Å²) in [5.41, 5.74) is 2.11. The molecule has 0 aromatic heterocycles. The number of benzene rings is 2. The average molecular weight is 412 g/mol. The fourth-order valence-electron chi connectivity index (χ4n) is 2.35. The number of rotatable bonds is 9. The van der Waals surface area contributed by atoms with Crippen LogP contribution in [0.25, 0.3) is 0 Å². The second-order valence-electron chi connectivity index (χ2n) is 5.90. The van der Waals surface area contributed by atoms with Crippen molar-refractivity contribution in [1.29, 1.82) is 0 Å². The smallest absolute Gasteiger partial charge is 0.261 e. The van der Waals surface area contributed by atoms with Crippen LogP contribution < -0.4 is 10.1 Å². The van der Waals surface area contributed by atoms with Gasteiger partial charge in [-0.3, -0.25) is 4.79 Å². The Kier molecular flexibility index (Phi) is 8.63. The number of hydrogen-bond acceptors (Lipinski definition) is 3. The van der Waals surface area contributed by atoms with E-state index in [2.05, 4.69) is 5.32 Å². The number of halogens is 2. The Bertz CT molecular complexity index is 740. The van der Waals surface area contributed by atoms with Crippen LogP contribution in [0.15, 0.2) is 42.5 Å². The number of aryl methyl sites for hydroxylation is 1. The average Bonchev–Trinajstić information content (AvgIpc) is 2.62. The van der Waals surface area contributed by atoms with Gasteiger partial charge in [-0.25, -0.2) is 0 Å². The molecule has 0 aliphatic carbocycles. The SMILES string of the molecule is CCC(Oc1ccc(Cl)c(C)c1)C(=O)NCCSCc1cccc(Cl)c1. The first-order valence-corrected chi connectivity index (χ1v) is 10.4. The quantitative estimate of drug-likeness (QED) is 0.552. The Morgan fingerprint density at radius 2 is 2.04 bits per heavy atom. The predicted octanol–water partition coefficient (Wildman–Crippen LogP) is 5.51. The van der Waals surface area contributed by atoms with Crippen molar-refractivity contribution >= 4 is 40.9 Å². The maximum absolute atomic E-state index is 12.3. The van der Waals surface area contributed by atoms with Crippen molar-refractivity contribution in [3.63, 3.8) is 0 Å². The molecule has 0 fully saturated rings. The van der Waals surface area contributed by atoms with Crippen LogP contribution in [0.4, 0.5) is 0 Å². The van der Waals surface area contributed by atoms with Crippen molar-refractivity contribution < 1.29 is 9.53 Å². The molecule has 0 saturated carbocycles. The summed E-state index contributed by atoms with van der Waals surface area (Å²) in [6.45, 7) is 4.44. The van der Waals surface area contributed by atoms with E-state index in [1.54, 1.807) is 23.9 Å². The van der Waals surface area contributed by atoms with Crippen LogP contribution in [0, 0.1) is 6.92 Å². The van der Waals surface area contributed by atoms with Crippen molar-refractivity contribution in [3.05, 3.63) is 63.6 Å². The highest BCUT2D eigenvalue weighted by Crippen LogP contribution is 2.22. The molecule has 0 bridgehead atoms. The zero-order valence-corrected chi connectivity index (χ0v) is 17.3. The van der Waals surface area contributed by atoms with Gasteiger partial charge in [0.05, 0.1) is 0 Å². The molecule has 1 N–H and O–H groups in total. The number of thioether (sulfide) groups is 1. The molecular weight excluding hydrogens is 389 g/mol. The minimum absolute atomic E-state index is 0.0940. The Morgan fingerprint density at radius 1 is 1.23 bits per heavy atom. The van der Waals surface area contributed by atoms with Gasteiger partial charge in [0, 0.05) is 28.1 Å². The molecule has 0 aliphatic rings. The fraction of sp³-hybridized carbons (Fsp3) is 0.350. The van der Waals surface area contributed by atoms with Gasteiger partial charge in [-0.05, 0) is 54.8 Å². The molecule has 26 heavy (non-hydrogen) atoms. The van der Waals surface area contributed by atoms with E-state index < -0.39 is 6.10 Å². The highest BCUT2D eigenvalue weighted by atomic mass is 35.5. The molecule has 2 rings (SSSR count). The molecule has 3 nitrogen and oxygen atoms in total. The van der Waals surface area contributed by atoms with Gasteiger partial charge in [-0.1, -0.05) is 42.3 Å². The number of hydrogen-bond donors (Lipinski definition) is 1. The molecule has 0 heterocycles. The first-order chi connectivity index (χ1) is 12.5. The molecule has 140 valence electrons. The molecule has 1 unspecified atom stereocenters. The van der Waals surface area contributed by atoms with Crippen molar-refractivity contribution in [2.75, 3.05) is 12.3 Å². The lowest BCUT2D eigenvalue weighted by Crippen LogP contribution is -2.39. The van der Waals surface area contributed by atoms with E-state index in [0.717, 1.165) is 22.1 Å². The largest absolute Gasteiger partial charge is 0.481 e. The lowest BCUT2D eigenvalue weighted by atomic mass is 10.2. The summed E-state index contributed by atoms with van der Waals surface area (Å²) >= 11 is 13.7. The van der Waals surface area contributed by atoms with Crippen LogP contribution in [0.5, 0.6) is 5.75 Å². The van der Waals surface area contributed by atoms with Crippen LogP contribution in [0.3, 0.4) is 0 Å². The van der Waals surface area contributed by atoms with E-state index in [-0.39, 0.29) is 5.91 Å². The van der Waals surface area contributed by atoms with Crippen LogP contribution in [0.2, 0.25) is 10.0 Å². The third-order valence-electron chi connectivity index (χ3n) is 3.77. The third-order valence-corrected chi connectivity index (χ3v) is 5.46. The van der Waals surface area contributed by atoms with Gasteiger partial charge < -0.3 is 10.1 Å². The summed E-state index contributed by atoms with van der Waals surface area (Å²) in [5, 5.41) is 4.37. The van der Waals surface area contributed by atoms with Crippen LogP contribution in [-0.4, -0.2) is 24.3 Å². The maximum atomic E-state index is 12.3. The summed E-state index contributed by atoms with van der Waals surface area (Å²) < 4.78 is 5.81. The van der Waals surface area contributed by atoms with Crippen molar-refractivity contribution in [2.45, 2.75) is 32.1 Å². The van der Waals surface area contributed by atoms with Gasteiger partial charge >= 0.3 is 0 Å². The molecule has 2 aromatic carbocycles. The summed E-state index contributed by atoms with van der Waals surface area (Å²) in [6.07, 6.45) is 0.0943. The molecule has 1 atom stereocenters. The molecule has 0 spiro atoms. The van der Waals surface area contributed by atoms with Gasteiger partial charge in [0.15, 0.2) is 6.10 Å². The van der Waals surface area contributed by atoms with E-state index in [9.17, 15) is 4.79 Å². The number of carbonyl (C=O) groups excluding carboxylic acids is 1. The Hall–Kier alpha value is -1.36. The summed E-state index contributed by atoms with van der Waals surface area (Å²) in [6, 6.07) is 13.2. The Balaban J connectivity index is 1.73. The maximum Gasteiger partial charge on any atom is 0.261 e. The highest BCUT2D eigenvalue weighted by Gasteiger charge is 2.18. The fourth-order valence-corrected chi connectivity index (χ4v) is 3.49. The number of nitrogens with one attached hydrogen (secondary N) is 1. The molecule has 6 heteroatoms. The second-order valence-corrected chi connectivity index (χ2v) is 7.85. The van der Waals surface area contributed by atoms with E-state index in [1.165, 1.54) is 5.56 Å². The van der Waals surface area contributed by atoms with Crippen molar-refractivity contribution in [2.24, 2.45) is 0 Å². The number of ether oxygens (including phenoxy) is 1. The standard InChI is InChI=1S/C20H23Cl2NO2S/c1-3-19(25-17-7-8-18(22)14(2)11-17)20(24)23-9-10-26-13-15-5-4-6-16(21)12-15/h4-8,11-12,19H,3,9-10,13H2,1-2H3,(H,23,24). The lowest BCUT2D eigenvalue weighted by Gasteiger charge is -2.17. The van der Waals surface area contributed by atoms with E-state index in [1.807, 2.05) is 44.2 Å². The second kappa shape index (κ2) is 10.7. The van der Waals surface area contributed by atoms with Gasteiger partial charge in [-0.2, -0.15) is 11.8 Å². The molecule has 2 aromatic rings. The minimum atomic E-state index is -0.506. The molecular formula is C20H23Cl2NO2S. The zero-order valence-electron chi connectivity index (χ0n) is 14.9. The normalized spacial score (nSPS) is 11.8. The Labute approximate surface area is 169 Å². The van der Waals surface area contributed by atoms with Gasteiger partial charge in [0.2, 0.25) is 0 Å². The minimum Gasteiger partial charge on any atom is -0.481 e. The third kappa shape index (κ3) is 6.75. The number of carbonyl (C=O) groups is 1. The molecule has 0 aliphatic heterocycles. The lowest BCUT2D eigenvalue weighted by molar-refractivity contribution is -0.127. The summed E-state index contributed by atoms with van der Waals surface area (Å²) in [5.74, 6) is 2.26. The van der Waals surface area contributed by atoms with E-state index >= 15 is 0 Å². The van der Waals surface area contributed by atoms with Crippen molar-refractivity contribution in [3.8, 4) is 5.75 Å². The van der Waals surface area contributed by atoms with Crippen LogP contribution in [0.1, 0.15) is 24.5 Å². The number of amides is 1. The van der Waals surface area contributed by atoms with Crippen LogP contribution >= 0.6 is 35.0 Å². The molecule has 0 radical (unpaired) electrons. The van der Waals surface area contributed by atoms with Gasteiger partial charge in [0.1, 0.15) is 5.75 Å². The monoisotopic (exact) mass is 411 g/mol. The zero-order chi connectivity index (χ0) is 18.9. The van der Waals surface area contributed by atoms with Crippen molar-refractivity contribution in [1.82, 2.24) is 5.32 Å². The van der Waals surface area contributed by atoms with Crippen LogP contribution in [-0.2, 0) is 10.5 Å². The van der Waals surface area contributed by atoms with Gasteiger partial charge in [0.25, 0.3) is 5.91 Å². The molecule has 0 saturated heterocycles. The Morgan fingerprint density at radius 3 is 2.73 bits per heavy atom.